The largest absolute Gasteiger partial charge is 0.416 e. The first-order valence-corrected chi connectivity index (χ1v) is 12.6. The predicted octanol–water partition coefficient (Wildman–Crippen LogP) is 4.04. The molecular weight excluding hydrogens is 479 g/mol. The molecule has 33 heavy (non-hydrogen) atoms. The smallest absolute Gasteiger partial charge is 0.350 e. The highest BCUT2D eigenvalue weighted by Crippen LogP contribution is 2.36. The van der Waals surface area contributed by atoms with Crippen LogP contribution in [0.25, 0.3) is 0 Å². The Hall–Kier alpha value is -2.30. The maximum atomic E-state index is 13.1. The fourth-order valence-electron chi connectivity index (χ4n) is 3.61. The molecule has 11 heteroatoms. The third kappa shape index (κ3) is 7.09. The lowest BCUT2D eigenvalue weighted by Gasteiger charge is -2.24. The van der Waals surface area contributed by atoms with Gasteiger partial charge in [0.15, 0.2) is 0 Å². The molecule has 0 unspecified atom stereocenters. The number of carbonyl (C=O) groups excluding carboxylic acids is 1. The molecule has 0 saturated carbocycles. The Morgan fingerprint density at radius 1 is 1.09 bits per heavy atom. The van der Waals surface area contributed by atoms with Gasteiger partial charge in [0.2, 0.25) is 15.9 Å². The predicted molar refractivity (Wildman–Crippen MR) is 121 cm³/mol. The zero-order valence-electron chi connectivity index (χ0n) is 18.0. The monoisotopic (exact) mass is 503 g/mol. The van der Waals surface area contributed by atoms with Crippen LogP contribution in [-0.2, 0) is 34.1 Å². The first-order valence-electron chi connectivity index (χ1n) is 10.3. The van der Waals surface area contributed by atoms with Crippen LogP contribution in [0.15, 0.2) is 42.5 Å². The molecule has 180 valence electrons. The number of rotatable bonds is 8. The highest BCUT2D eigenvalue weighted by Gasteiger charge is 2.33. The Balaban J connectivity index is 1.65. The Kier molecular flexibility index (Phi) is 7.92. The van der Waals surface area contributed by atoms with Crippen molar-refractivity contribution in [2.24, 2.45) is 0 Å². The van der Waals surface area contributed by atoms with Gasteiger partial charge in [-0.1, -0.05) is 35.9 Å². The summed E-state index contributed by atoms with van der Waals surface area (Å²) >= 11 is 5.97. The van der Waals surface area contributed by atoms with Crippen LogP contribution in [-0.4, -0.2) is 45.1 Å². The summed E-state index contributed by atoms with van der Waals surface area (Å²) in [5, 5.41) is 2.39. The fourth-order valence-corrected chi connectivity index (χ4v) is 4.74. The van der Waals surface area contributed by atoms with E-state index in [1.165, 1.54) is 12.8 Å². The van der Waals surface area contributed by atoms with Crippen LogP contribution in [0.2, 0.25) is 5.02 Å². The standard InChI is InChI=1S/C22H25ClF3N3O3S/c1-33(31,32)29(20-12-18(22(24,25)26)8-9-19(20)23)15-21(30)27-13-16-4-6-17(7-5-16)14-28-10-2-3-11-28/h4-9,12H,2-3,10-11,13-15H2,1H3,(H,27,30). The van der Waals surface area contributed by atoms with E-state index in [-0.39, 0.29) is 11.6 Å². The molecule has 1 amide bonds. The number of benzene rings is 2. The number of sulfonamides is 1. The average Bonchev–Trinajstić information content (AvgIpc) is 3.23. The number of carbonyl (C=O) groups is 1. The minimum atomic E-state index is -4.69. The highest BCUT2D eigenvalue weighted by atomic mass is 35.5. The number of nitrogens with zero attached hydrogens (tertiary/aromatic N) is 2. The summed E-state index contributed by atoms with van der Waals surface area (Å²) in [6, 6.07) is 10.0. The van der Waals surface area contributed by atoms with Gasteiger partial charge < -0.3 is 5.32 Å². The minimum Gasteiger partial charge on any atom is -0.350 e. The zero-order chi connectivity index (χ0) is 24.2. The van der Waals surface area contributed by atoms with Crippen molar-refractivity contribution in [1.29, 1.82) is 0 Å². The summed E-state index contributed by atoms with van der Waals surface area (Å²) in [7, 11) is -4.08. The van der Waals surface area contributed by atoms with E-state index in [9.17, 15) is 26.4 Å². The van der Waals surface area contributed by atoms with Gasteiger partial charge >= 0.3 is 6.18 Å². The van der Waals surface area contributed by atoms with E-state index in [1.807, 2.05) is 24.3 Å². The van der Waals surface area contributed by atoms with Gasteiger partial charge in [0, 0.05) is 13.1 Å². The van der Waals surface area contributed by atoms with Crippen molar-refractivity contribution in [3.05, 3.63) is 64.2 Å². The second-order valence-corrected chi connectivity index (χ2v) is 10.3. The Morgan fingerprint density at radius 3 is 2.27 bits per heavy atom. The molecule has 3 rings (SSSR count). The van der Waals surface area contributed by atoms with E-state index in [2.05, 4.69) is 10.2 Å². The molecule has 0 aromatic heterocycles. The van der Waals surface area contributed by atoms with Crippen LogP contribution in [0.5, 0.6) is 0 Å². The average molecular weight is 504 g/mol. The van der Waals surface area contributed by atoms with Crippen LogP contribution in [0, 0.1) is 0 Å². The van der Waals surface area contributed by atoms with Gasteiger partial charge in [-0.3, -0.25) is 14.0 Å². The number of anilines is 1. The van der Waals surface area contributed by atoms with Crippen molar-refractivity contribution < 1.29 is 26.4 Å². The normalized spacial score (nSPS) is 14.9. The van der Waals surface area contributed by atoms with Crippen LogP contribution >= 0.6 is 11.6 Å². The van der Waals surface area contributed by atoms with Crippen LogP contribution in [0.1, 0.15) is 29.5 Å². The summed E-state index contributed by atoms with van der Waals surface area (Å²) < 4.78 is 64.3. The third-order valence-corrected chi connectivity index (χ3v) is 6.79. The number of likely N-dealkylation sites (tertiary alicyclic amines) is 1. The summed E-state index contributed by atoms with van der Waals surface area (Å²) in [6.07, 6.45) is -1.47. The molecule has 1 saturated heterocycles. The van der Waals surface area contributed by atoms with Crippen LogP contribution < -0.4 is 9.62 Å². The summed E-state index contributed by atoms with van der Waals surface area (Å²) in [5.74, 6) is -0.671. The molecule has 0 radical (unpaired) electrons. The molecule has 2 aromatic carbocycles. The van der Waals surface area contributed by atoms with E-state index in [0.717, 1.165) is 49.1 Å². The summed E-state index contributed by atoms with van der Waals surface area (Å²) in [4.78, 5) is 14.8. The van der Waals surface area contributed by atoms with E-state index in [4.69, 9.17) is 11.6 Å². The van der Waals surface area contributed by atoms with E-state index in [1.54, 1.807) is 0 Å². The van der Waals surface area contributed by atoms with Gasteiger partial charge in [0.1, 0.15) is 6.54 Å². The number of alkyl halides is 3. The fraction of sp³-hybridized carbons (Fsp3) is 0.409. The summed E-state index contributed by atoms with van der Waals surface area (Å²) in [6.45, 7) is 2.49. The van der Waals surface area contributed by atoms with Crippen molar-refractivity contribution in [3.8, 4) is 0 Å². The Bertz CT molecular complexity index is 1090. The molecule has 2 aromatic rings. The van der Waals surface area contributed by atoms with E-state index < -0.39 is 39.9 Å². The number of nitrogens with one attached hydrogen (secondary N) is 1. The Morgan fingerprint density at radius 2 is 1.70 bits per heavy atom. The van der Waals surface area contributed by atoms with Crippen molar-refractivity contribution >= 4 is 33.2 Å². The lowest BCUT2D eigenvalue weighted by Crippen LogP contribution is -2.40. The van der Waals surface area contributed by atoms with Gasteiger partial charge in [-0.05, 0) is 55.3 Å². The van der Waals surface area contributed by atoms with E-state index >= 15 is 0 Å². The quantitative estimate of drug-likeness (QED) is 0.590. The van der Waals surface area contributed by atoms with Gasteiger partial charge in [-0.15, -0.1) is 0 Å². The van der Waals surface area contributed by atoms with Gasteiger partial charge in [0.05, 0.1) is 22.5 Å². The lowest BCUT2D eigenvalue weighted by atomic mass is 10.1. The molecule has 1 aliphatic heterocycles. The third-order valence-electron chi connectivity index (χ3n) is 5.35. The van der Waals surface area contributed by atoms with Crippen molar-refractivity contribution in [3.63, 3.8) is 0 Å². The maximum Gasteiger partial charge on any atom is 0.416 e. The second kappa shape index (κ2) is 10.3. The molecule has 6 nitrogen and oxygen atoms in total. The Labute approximate surface area is 196 Å². The lowest BCUT2D eigenvalue weighted by molar-refractivity contribution is -0.137. The first kappa shape index (κ1) is 25.3. The van der Waals surface area contributed by atoms with E-state index in [0.29, 0.717) is 10.4 Å². The zero-order valence-corrected chi connectivity index (χ0v) is 19.6. The SMILES string of the molecule is CS(=O)(=O)N(CC(=O)NCc1ccc(CN2CCCC2)cc1)c1cc(C(F)(F)F)ccc1Cl. The number of hydrogen-bond acceptors (Lipinski definition) is 4. The van der Waals surface area contributed by atoms with Crippen molar-refractivity contribution in [1.82, 2.24) is 10.2 Å². The molecule has 1 fully saturated rings. The van der Waals surface area contributed by atoms with Gasteiger partial charge in [0.25, 0.3) is 0 Å². The molecule has 1 heterocycles. The maximum absolute atomic E-state index is 13.1. The molecule has 0 atom stereocenters. The van der Waals surface area contributed by atoms with Gasteiger partial charge in [-0.25, -0.2) is 8.42 Å². The number of halogens is 4. The van der Waals surface area contributed by atoms with Crippen LogP contribution in [0.4, 0.5) is 18.9 Å². The number of amides is 1. The molecular formula is C22H25ClF3N3O3S. The first-order chi connectivity index (χ1) is 15.4. The highest BCUT2D eigenvalue weighted by molar-refractivity contribution is 7.92. The molecule has 0 spiro atoms. The molecule has 1 N–H and O–H groups in total. The molecule has 0 aliphatic carbocycles. The van der Waals surface area contributed by atoms with Crippen molar-refractivity contribution in [2.75, 3.05) is 30.2 Å². The second-order valence-electron chi connectivity index (χ2n) is 8.01. The van der Waals surface area contributed by atoms with Gasteiger partial charge in [-0.2, -0.15) is 13.2 Å². The minimum absolute atomic E-state index is 0.150. The summed E-state index contributed by atoms with van der Waals surface area (Å²) in [5.41, 5.74) is 0.506. The molecule has 0 bridgehead atoms. The number of hydrogen-bond donors (Lipinski definition) is 1. The van der Waals surface area contributed by atoms with Crippen LogP contribution in [0.3, 0.4) is 0 Å². The van der Waals surface area contributed by atoms with Crippen molar-refractivity contribution in [2.45, 2.75) is 32.1 Å². The molecule has 1 aliphatic rings. The topological polar surface area (TPSA) is 69.7 Å².